The molecule has 6 heteroatoms. The van der Waals surface area contributed by atoms with Crippen LogP contribution in [0.2, 0.25) is 0 Å². The van der Waals surface area contributed by atoms with Crippen molar-refractivity contribution in [3.63, 3.8) is 0 Å². The van der Waals surface area contributed by atoms with Gasteiger partial charge >= 0.3 is 5.97 Å². The molecule has 0 aliphatic heterocycles. The fourth-order valence-electron chi connectivity index (χ4n) is 4.14. The molecule has 1 aromatic carbocycles. The Kier molecular flexibility index (Phi) is 8.67. The topological polar surface area (TPSA) is 55.8 Å². The highest BCUT2D eigenvalue weighted by Crippen LogP contribution is 2.29. The van der Waals surface area contributed by atoms with Gasteiger partial charge in [-0.15, -0.1) is 11.3 Å². The third-order valence-corrected chi connectivity index (χ3v) is 6.87. The van der Waals surface area contributed by atoms with Gasteiger partial charge in [-0.25, -0.2) is 4.79 Å². The number of thiophene rings is 1. The van der Waals surface area contributed by atoms with E-state index in [1.54, 1.807) is 11.3 Å². The summed E-state index contributed by atoms with van der Waals surface area (Å²) in [5.74, 6) is 0.481. The van der Waals surface area contributed by atoms with Crippen molar-refractivity contribution in [3.8, 4) is 11.1 Å². The van der Waals surface area contributed by atoms with Crippen LogP contribution >= 0.6 is 11.3 Å². The predicted octanol–water partition coefficient (Wildman–Crippen LogP) is 5.07. The first kappa shape index (κ1) is 23.5. The zero-order valence-electron chi connectivity index (χ0n) is 18.8. The van der Waals surface area contributed by atoms with Gasteiger partial charge in [0.1, 0.15) is 0 Å². The van der Waals surface area contributed by atoms with Gasteiger partial charge in [0.15, 0.2) is 6.10 Å². The summed E-state index contributed by atoms with van der Waals surface area (Å²) in [6, 6.07) is 10.3. The van der Waals surface area contributed by atoms with Crippen molar-refractivity contribution in [3.05, 3.63) is 46.2 Å². The van der Waals surface area contributed by atoms with Gasteiger partial charge in [0.25, 0.3) is 0 Å². The van der Waals surface area contributed by atoms with Crippen molar-refractivity contribution in [2.24, 2.45) is 5.92 Å². The predicted molar refractivity (Wildman–Crippen MR) is 124 cm³/mol. The van der Waals surface area contributed by atoms with Crippen LogP contribution in [-0.4, -0.2) is 43.6 Å². The van der Waals surface area contributed by atoms with Crippen LogP contribution in [0.5, 0.6) is 0 Å². The van der Waals surface area contributed by atoms with E-state index in [1.165, 1.54) is 37.7 Å². The minimum atomic E-state index is -0.578. The highest BCUT2D eigenvalue weighted by molar-refractivity contribution is 7.10. The van der Waals surface area contributed by atoms with E-state index in [9.17, 15) is 9.59 Å². The van der Waals surface area contributed by atoms with Crippen molar-refractivity contribution in [2.75, 3.05) is 20.8 Å². The maximum absolute atomic E-state index is 12.5. The average molecular weight is 444 g/mol. The number of benzene rings is 1. The molecule has 1 saturated carbocycles. The molecular formula is C25H33NO4S. The van der Waals surface area contributed by atoms with Crippen LogP contribution in [0.4, 0.5) is 0 Å². The summed E-state index contributed by atoms with van der Waals surface area (Å²) in [6.07, 6.45) is 5.53. The highest BCUT2D eigenvalue weighted by atomic mass is 32.1. The third kappa shape index (κ3) is 6.65. The summed E-state index contributed by atoms with van der Waals surface area (Å²) >= 11 is 1.69. The number of hydrogen-bond acceptors (Lipinski definition) is 5. The SMILES string of the molecule is CCO[C@@H](Cc1ccc(-c2csc(CN(C)C(=O)CC3CCCC3)c2)cc1)C(=O)OC. The Morgan fingerprint density at radius 1 is 1.16 bits per heavy atom. The van der Waals surface area contributed by atoms with Crippen molar-refractivity contribution in [1.29, 1.82) is 0 Å². The molecule has 0 unspecified atom stereocenters. The van der Waals surface area contributed by atoms with Gasteiger partial charge in [-0.05, 0) is 53.8 Å². The Hall–Kier alpha value is -2.18. The largest absolute Gasteiger partial charge is 0.467 e. The van der Waals surface area contributed by atoms with Gasteiger partial charge in [-0.2, -0.15) is 0 Å². The summed E-state index contributed by atoms with van der Waals surface area (Å²) in [7, 11) is 3.28. The Balaban J connectivity index is 1.57. The van der Waals surface area contributed by atoms with Crippen LogP contribution in [0.25, 0.3) is 11.1 Å². The van der Waals surface area contributed by atoms with Crippen LogP contribution in [0, 0.1) is 5.92 Å². The Bertz CT molecular complexity index is 855. The van der Waals surface area contributed by atoms with E-state index >= 15 is 0 Å². The molecule has 5 nitrogen and oxygen atoms in total. The Morgan fingerprint density at radius 3 is 2.52 bits per heavy atom. The number of ether oxygens (including phenoxy) is 2. The summed E-state index contributed by atoms with van der Waals surface area (Å²) in [5.41, 5.74) is 3.30. The van der Waals surface area contributed by atoms with Gasteiger partial charge in [0, 0.05) is 31.4 Å². The van der Waals surface area contributed by atoms with Crippen LogP contribution < -0.4 is 0 Å². The zero-order chi connectivity index (χ0) is 22.2. The number of esters is 1. The van der Waals surface area contributed by atoms with E-state index in [1.807, 2.05) is 31.0 Å². The average Bonchev–Trinajstić information content (AvgIpc) is 3.45. The zero-order valence-corrected chi connectivity index (χ0v) is 19.6. The van der Waals surface area contributed by atoms with Gasteiger partial charge in [-0.3, -0.25) is 4.79 Å². The normalized spacial score (nSPS) is 15.1. The second-order valence-electron chi connectivity index (χ2n) is 8.27. The van der Waals surface area contributed by atoms with Crippen LogP contribution in [-0.2, 0) is 32.0 Å². The van der Waals surface area contributed by atoms with E-state index in [0.717, 1.165) is 16.7 Å². The summed E-state index contributed by atoms with van der Waals surface area (Å²) in [5, 5.41) is 2.14. The second kappa shape index (κ2) is 11.4. The molecule has 1 amide bonds. The second-order valence-corrected chi connectivity index (χ2v) is 9.27. The van der Waals surface area contributed by atoms with E-state index < -0.39 is 6.10 Å². The fraction of sp³-hybridized carbons (Fsp3) is 0.520. The summed E-state index contributed by atoms with van der Waals surface area (Å²) in [6.45, 7) is 2.99. The summed E-state index contributed by atoms with van der Waals surface area (Å²) < 4.78 is 10.3. The van der Waals surface area contributed by atoms with Crippen LogP contribution in [0.3, 0.4) is 0 Å². The van der Waals surface area contributed by atoms with Crippen LogP contribution in [0.15, 0.2) is 35.7 Å². The molecule has 31 heavy (non-hydrogen) atoms. The molecule has 1 aliphatic rings. The van der Waals surface area contributed by atoms with E-state index in [0.29, 0.717) is 31.9 Å². The van der Waals surface area contributed by atoms with E-state index in [-0.39, 0.29) is 11.9 Å². The smallest absolute Gasteiger partial charge is 0.335 e. The first-order valence-electron chi connectivity index (χ1n) is 11.1. The number of carbonyl (C=O) groups excluding carboxylic acids is 2. The number of rotatable bonds is 10. The quantitative estimate of drug-likeness (QED) is 0.481. The Labute approximate surface area is 189 Å². The fourth-order valence-corrected chi connectivity index (χ4v) is 5.09. The summed E-state index contributed by atoms with van der Waals surface area (Å²) in [4.78, 5) is 27.4. The van der Waals surface area contributed by atoms with Crippen molar-refractivity contribution in [1.82, 2.24) is 4.90 Å². The molecule has 1 heterocycles. The molecule has 1 fully saturated rings. The van der Waals surface area contributed by atoms with Gasteiger partial charge in [0.2, 0.25) is 5.91 Å². The standard InChI is InChI=1S/C25H33NO4S/c1-4-30-23(25(28)29-3)13-19-9-11-20(12-10-19)21-15-22(31-17-21)16-26(2)24(27)14-18-7-5-6-8-18/h9-12,15,17-18,23H,4-8,13-14,16H2,1-3H3/t23-/m0/s1. The molecule has 3 rings (SSSR count). The molecule has 168 valence electrons. The highest BCUT2D eigenvalue weighted by Gasteiger charge is 2.21. The lowest BCUT2D eigenvalue weighted by Crippen LogP contribution is -2.28. The maximum Gasteiger partial charge on any atom is 0.335 e. The van der Waals surface area contributed by atoms with Crippen LogP contribution in [0.1, 0.15) is 49.5 Å². The minimum Gasteiger partial charge on any atom is -0.467 e. The first-order chi connectivity index (χ1) is 15.0. The molecule has 0 saturated heterocycles. The first-order valence-corrected chi connectivity index (χ1v) is 12.0. The molecule has 2 aromatic rings. The van der Waals surface area contributed by atoms with Crippen molar-refractivity contribution < 1.29 is 19.1 Å². The molecule has 1 atom stereocenters. The molecule has 0 spiro atoms. The molecule has 0 radical (unpaired) electrons. The van der Waals surface area contributed by atoms with Crippen molar-refractivity contribution >= 4 is 23.2 Å². The number of methoxy groups -OCH3 is 1. The Morgan fingerprint density at radius 2 is 1.87 bits per heavy atom. The van der Waals surface area contributed by atoms with Gasteiger partial charge in [-0.1, -0.05) is 37.1 Å². The molecular weight excluding hydrogens is 410 g/mol. The monoisotopic (exact) mass is 443 g/mol. The molecule has 1 aromatic heterocycles. The third-order valence-electron chi connectivity index (χ3n) is 5.95. The van der Waals surface area contributed by atoms with E-state index in [2.05, 4.69) is 23.6 Å². The number of hydrogen-bond donors (Lipinski definition) is 0. The molecule has 1 aliphatic carbocycles. The molecule has 0 bridgehead atoms. The van der Waals surface area contributed by atoms with E-state index in [4.69, 9.17) is 9.47 Å². The number of nitrogens with zero attached hydrogens (tertiary/aromatic N) is 1. The number of amides is 1. The van der Waals surface area contributed by atoms with Crippen molar-refractivity contribution in [2.45, 2.75) is 58.1 Å². The lowest BCUT2D eigenvalue weighted by molar-refractivity contribution is -0.153. The maximum atomic E-state index is 12.5. The lowest BCUT2D eigenvalue weighted by Gasteiger charge is -2.18. The lowest BCUT2D eigenvalue weighted by atomic mass is 10.0. The minimum absolute atomic E-state index is 0.251. The van der Waals surface area contributed by atoms with Gasteiger partial charge < -0.3 is 14.4 Å². The van der Waals surface area contributed by atoms with Gasteiger partial charge in [0.05, 0.1) is 13.7 Å². The molecule has 0 N–H and O–H groups in total. The number of carbonyl (C=O) groups is 2.